The summed E-state index contributed by atoms with van der Waals surface area (Å²) in [6.45, 7) is 4.24. The highest BCUT2D eigenvalue weighted by Gasteiger charge is 2.12. The van der Waals surface area contributed by atoms with Crippen LogP contribution in [0.15, 0.2) is 60.7 Å². The van der Waals surface area contributed by atoms with Crippen molar-refractivity contribution in [1.29, 1.82) is 0 Å². The second-order valence-electron chi connectivity index (χ2n) is 8.73. The average molecular weight is 411 g/mol. The number of nitrogens with one attached hydrogen (secondary N) is 2. The molecule has 0 aliphatic heterocycles. The summed E-state index contributed by atoms with van der Waals surface area (Å²) in [5.74, 6) is 0. The Bertz CT molecular complexity index is 598. The summed E-state index contributed by atoms with van der Waals surface area (Å²) < 4.78 is 0. The summed E-state index contributed by atoms with van der Waals surface area (Å²) in [4.78, 5) is 4.66. The summed E-state index contributed by atoms with van der Waals surface area (Å²) in [5.41, 5.74) is 2.82. The molecule has 0 amide bonds. The summed E-state index contributed by atoms with van der Waals surface area (Å²) in [5, 5.41) is 7.32. The van der Waals surface area contributed by atoms with Gasteiger partial charge >= 0.3 is 0 Å². The molecule has 0 heterocycles. The zero-order chi connectivity index (χ0) is 21.6. The van der Waals surface area contributed by atoms with Gasteiger partial charge in [0.2, 0.25) is 0 Å². The monoisotopic (exact) mass is 410 g/mol. The van der Waals surface area contributed by atoms with Gasteiger partial charge in [0.1, 0.15) is 0 Å². The van der Waals surface area contributed by atoms with Gasteiger partial charge in [-0.2, -0.15) is 0 Å². The van der Waals surface area contributed by atoms with Crippen molar-refractivity contribution in [2.75, 3.05) is 54.4 Å². The maximum atomic E-state index is 3.66. The minimum absolute atomic E-state index is 0.532. The van der Waals surface area contributed by atoms with Gasteiger partial charge in [-0.05, 0) is 78.1 Å². The molecule has 0 radical (unpaired) electrons. The Morgan fingerprint density at radius 2 is 0.967 bits per heavy atom. The lowest BCUT2D eigenvalue weighted by Gasteiger charge is -2.25. The number of nitrogens with zero attached hydrogens (tertiary/aromatic N) is 2. The lowest BCUT2D eigenvalue weighted by molar-refractivity contribution is 0.278. The molecule has 0 saturated carbocycles. The molecule has 0 aliphatic carbocycles. The molecular formula is C26H42N4. The Morgan fingerprint density at radius 3 is 1.30 bits per heavy atom. The summed E-state index contributed by atoms with van der Waals surface area (Å²) in [6.07, 6.45) is 4.61. The van der Waals surface area contributed by atoms with E-state index in [1.54, 1.807) is 0 Å². The van der Waals surface area contributed by atoms with Crippen LogP contribution in [0.4, 0.5) is 0 Å². The fraction of sp³-hybridized carbons (Fsp3) is 0.538. The van der Waals surface area contributed by atoms with Crippen LogP contribution < -0.4 is 10.6 Å². The molecular weight excluding hydrogens is 368 g/mol. The fourth-order valence-electron chi connectivity index (χ4n) is 3.68. The predicted molar refractivity (Wildman–Crippen MR) is 130 cm³/mol. The van der Waals surface area contributed by atoms with Crippen LogP contribution in [0.25, 0.3) is 0 Å². The first-order valence-electron chi connectivity index (χ1n) is 11.4. The zero-order valence-corrected chi connectivity index (χ0v) is 19.5. The van der Waals surface area contributed by atoms with Crippen LogP contribution >= 0.6 is 0 Å². The molecule has 4 heteroatoms. The maximum Gasteiger partial charge on any atom is 0.0254 e. The third-order valence-corrected chi connectivity index (χ3v) is 5.81. The highest BCUT2D eigenvalue weighted by Crippen LogP contribution is 2.07. The van der Waals surface area contributed by atoms with E-state index in [1.807, 2.05) is 0 Å². The number of likely N-dealkylation sites (N-methyl/N-ethyl adjacent to an activating group) is 2. The molecule has 0 fully saturated rings. The van der Waals surface area contributed by atoms with Crippen molar-refractivity contribution in [1.82, 2.24) is 20.4 Å². The topological polar surface area (TPSA) is 30.5 Å². The van der Waals surface area contributed by atoms with Crippen molar-refractivity contribution in [3.63, 3.8) is 0 Å². The van der Waals surface area contributed by atoms with E-state index in [0.717, 1.165) is 39.0 Å². The van der Waals surface area contributed by atoms with Gasteiger partial charge in [-0.1, -0.05) is 60.7 Å². The van der Waals surface area contributed by atoms with Crippen LogP contribution in [0.3, 0.4) is 0 Å². The highest BCUT2D eigenvalue weighted by molar-refractivity contribution is 5.16. The molecule has 2 rings (SSSR count). The molecule has 0 spiro atoms. The molecule has 2 N–H and O–H groups in total. The first-order valence-corrected chi connectivity index (χ1v) is 11.4. The Morgan fingerprint density at radius 1 is 0.600 bits per heavy atom. The van der Waals surface area contributed by atoms with Crippen molar-refractivity contribution >= 4 is 0 Å². The van der Waals surface area contributed by atoms with Crippen LogP contribution in [-0.2, 0) is 12.8 Å². The first kappa shape index (κ1) is 24.5. The number of hydrogen-bond donors (Lipinski definition) is 2. The maximum absolute atomic E-state index is 3.66. The number of unbranched alkanes of at least 4 members (excludes halogenated alkanes) is 1. The van der Waals surface area contributed by atoms with Gasteiger partial charge in [-0.15, -0.1) is 0 Å². The number of hydrogen-bond acceptors (Lipinski definition) is 4. The van der Waals surface area contributed by atoms with Crippen molar-refractivity contribution in [2.24, 2.45) is 0 Å². The van der Waals surface area contributed by atoms with Crippen LogP contribution in [0.2, 0.25) is 0 Å². The summed E-state index contributed by atoms with van der Waals surface area (Å²) in [6, 6.07) is 22.6. The summed E-state index contributed by atoms with van der Waals surface area (Å²) in [7, 11) is 8.71. The predicted octanol–water partition coefficient (Wildman–Crippen LogP) is 3.29. The molecule has 2 atom stereocenters. The quantitative estimate of drug-likeness (QED) is 0.441. The molecule has 2 aromatic carbocycles. The third kappa shape index (κ3) is 9.86. The number of benzene rings is 2. The smallest absolute Gasteiger partial charge is 0.0254 e. The lowest BCUT2D eigenvalue weighted by atomic mass is 10.1. The van der Waals surface area contributed by atoms with Crippen LogP contribution in [0.5, 0.6) is 0 Å². The van der Waals surface area contributed by atoms with Gasteiger partial charge in [-0.3, -0.25) is 0 Å². The van der Waals surface area contributed by atoms with Crippen molar-refractivity contribution in [3.05, 3.63) is 71.8 Å². The van der Waals surface area contributed by atoms with Gasteiger partial charge in [0.25, 0.3) is 0 Å². The molecule has 166 valence electrons. The van der Waals surface area contributed by atoms with E-state index in [4.69, 9.17) is 0 Å². The van der Waals surface area contributed by atoms with Gasteiger partial charge in [0.15, 0.2) is 0 Å². The van der Waals surface area contributed by atoms with Gasteiger partial charge in [-0.25, -0.2) is 0 Å². The summed E-state index contributed by atoms with van der Waals surface area (Å²) >= 11 is 0. The fourth-order valence-corrected chi connectivity index (χ4v) is 3.68. The second kappa shape index (κ2) is 14.3. The molecule has 2 aromatic rings. The number of rotatable bonds is 15. The van der Waals surface area contributed by atoms with E-state index in [2.05, 4.69) is 109 Å². The molecule has 4 nitrogen and oxygen atoms in total. The van der Waals surface area contributed by atoms with Gasteiger partial charge < -0.3 is 20.4 Å². The standard InChI is InChI=1S/C26H42N4/c1-29(2)25(19-23-13-7-5-8-14-23)21-27-17-11-12-18-28-22-26(30(3)4)20-24-15-9-6-10-16-24/h5-10,13-16,25-28H,11-12,17-22H2,1-4H3. The first-order chi connectivity index (χ1) is 14.6. The second-order valence-corrected chi connectivity index (χ2v) is 8.73. The van der Waals surface area contributed by atoms with E-state index in [-0.39, 0.29) is 0 Å². The Labute approximate surface area is 184 Å². The highest BCUT2D eigenvalue weighted by atomic mass is 15.1. The van der Waals surface area contributed by atoms with Crippen molar-refractivity contribution < 1.29 is 0 Å². The van der Waals surface area contributed by atoms with E-state index in [9.17, 15) is 0 Å². The molecule has 2 unspecified atom stereocenters. The Hall–Kier alpha value is -1.72. The van der Waals surface area contributed by atoms with E-state index in [0.29, 0.717) is 12.1 Å². The normalized spacial score (nSPS) is 13.7. The minimum atomic E-state index is 0.532. The van der Waals surface area contributed by atoms with Crippen molar-refractivity contribution in [3.8, 4) is 0 Å². The largest absolute Gasteiger partial charge is 0.315 e. The molecule has 0 aromatic heterocycles. The zero-order valence-electron chi connectivity index (χ0n) is 19.5. The van der Waals surface area contributed by atoms with E-state index in [1.165, 1.54) is 24.0 Å². The Kier molecular flexibility index (Phi) is 11.7. The minimum Gasteiger partial charge on any atom is -0.315 e. The van der Waals surface area contributed by atoms with Crippen molar-refractivity contribution in [2.45, 2.75) is 37.8 Å². The van der Waals surface area contributed by atoms with Crippen LogP contribution in [0.1, 0.15) is 24.0 Å². The van der Waals surface area contributed by atoms with Crippen LogP contribution in [-0.4, -0.2) is 76.3 Å². The molecule has 0 bridgehead atoms. The average Bonchev–Trinajstić information content (AvgIpc) is 2.75. The Balaban J connectivity index is 1.57. The van der Waals surface area contributed by atoms with Gasteiger partial charge in [0.05, 0.1) is 0 Å². The van der Waals surface area contributed by atoms with Gasteiger partial charge in [0, 0.05) is 25.2 Å². The molecule has 0 aliphatic rings. The lowest BCUT2D eigenvalue weighted by Crippen LogP contribution is -2.40. The van der Waals surface area contributed by atoms with Crippen LogP contribution in [0, 0.1) is 0 Å². The molecule has 30 heavy (non-hydrogen) atoms. The van der Waals surface area contributed by atoms with E-state index >= 15 is 0 Å². The third-order valence-electron chi connectivity index (χ3n) is 5.81. The molecule has 0 saturated heterocycles. The SMILES string of the molecule is CN(C)C(CNCCCCNCC(Cc1ccccc1)N(C)C)Cc1ccccc1. The van der Waals surface area contributed by atoms with E-state index < -0.39 is 0 Å².